The number of carbonyl (C=O) groups is 2. The van der Waals surface area contributed by atoms with Gasteiger partial charge in [0.15, 0.2) is 5.78 Å². The predicted molar refractivity (Wildman–Crippen MR) is 109 cm³/mol. The first-order valence-electron chi connectivity index (χ1n) is 8.96. The van der Waals surface area contributed by atoms with E-state index in [1.807, 2.05) is 6.92 Å². The summed E-state index contributed by atoms with van der Waals surface area (Å²) in [6, 6.07) is 13.4. The number of H-pyrrole nitrogens is 1. The maximum atomic E-state index is 12.5. The lowest BCUT2D eigenvalue weighted by atomic mass is 10.1. The number of para-hydroxylation sites is 1. The molecule has 0 aliphatic rings. The van der Waals surface area contributed by atoms with Crippen LogP contribution >= 0.6 is 0 Å². The first-order valence-corrected chi connectivity index (χ1v) is 8.96. The average molecular weight is 376 g/mol. The fraction of sp³-hybridized carbons (Fsp3) is 0.136. The predicted octanol–water partition coefficient (Wildman–Crippen LogP) is 3.27. The minimum Gasteiger partial charge on any atom is -0.506 e. The van der Waals surface area contributed by atoms with Gasteiger partial charge in [0.1, 0.15) is 11.3 Å². The highest BCUT2D eigenvalue weighted by Crippen LogP contribution is 2.25. The summed E-state index contributed by atoms with van der Waals surface area (Å²) in [5.41, 5.74) is 0.736. The van der Waals surface area contributed by atoms with Crippen LogP contribution in [0.5, 0.6) is 5.75 Å². The van der Waals surface area contributed by atoms with Crippen molar-refractivity contribution in [3.63, 3.8) is 0 Å². The van der Waals surface area contributed by atoms with Crippen LogP contribution in [0.15, 0.2) is 59.4 Å². The summed E-state index contributed by atoms with van der Waals surface area (Å²) >= 11 is 0. The van der Waals surface area contributed by atoms with Crippen molar-refractivity contribution in [1.82, 2.24) is 10.3 Å². The van der Waals surface area contributed by atoms with Crippen molar-refractivity contribution in [2.75, 3.05) is 6.54 Å². The van der Waals surface area contributed by atoms with Gasteiger partial charge in [-0.2, -0.15) is 0 Å². The molecular weight excluding hydrogens is 356 g/mol. The molecule has 142 valence electrons. The van der Waals surface area contributed by atoms with Crippen LogP contribution in [0.25, 0.3) is 17.0 Å². The van der Waals surface area contributed by atoms with E-state index in [2.05, 4.69) is 10.3 Å². The molecule has 6 nitrogen and oxygen atoms in total. The van der Waals surface area contributed by atoms with Crippen LogP contribution in [0.1, 0.15) is 39.6 Å². The molecule has 1 amide bonds. The van der Waals surface area contributed by atoms with Crippen molar-refractivity contribution >= 4 is 28.7 Å². The van der Waals surface area contributed by atoms with Crippen molar-refractivity contribution in [3.8, 4) is 5.75 Å². The van der Waals surface area contributed by atoms with Gasteiger partial charge in [0.25, 0.3) is 11.5 Å². The lowest BCUT2D eigenvalue weighted by molar-refractivity contribution is 0.0953. The van der Waals surface area contributed by atoms with E-state index in [-0.39, 0.29) is 17.2 Å². The van der Waals surface area contributed by atoms with E-state index in [9.17, 15) is 19.5 Å². The van der Waals surface area contributed by atoms with Gasteiger partial charge in [0.2, 0.25) is 0 Å². The van der Waals surface area contributed by atoms with Crippen molar-refractivity contribution in [2.24, 2.45) is 0 Å². The summed E-state index contributed by atoms with van der Waals surface area (Å²) < 4.78 is 0. The molecule has 0 saturated heterocycles. The Balaban J connectivity index is 1.81. The molecule has 3 rings (SSSR count). The lowest BCUT2D eigenvalue weighted by Crippen LogP contribution is -2.23. The molecule has 28 heavy (non-hydrogen) atoms. The largest absolute Gasteiger partial charge is 0.506 e. The number of fused-ring (bicyclic) bond motifs is 1. The second-order valence-electron chi connectivity index (χ2n) is 6.30. The standard InChI is InChI=1S/C22H20N2O4/c1-2-13-23-21(27)15-10-7-14(8-11-15)9-12-18(25)19-20(26)16-5-3-4-6-17(16)24-22(19)28/h3-12H,2,13H2,1H3,(H,23,27)(H2,24,26,28)/b12-9+. The fourth-order valence-corrected chi connectivity index (χ4v) is 2.80. The SMILES string of the molecule is CCCNC(=O)c1ccc(/C=C/C(=O)c2c(O)c3ccccc3[nH]c2=O)cc1. The van der Waals surface area contributed by atoms with Gasteiger partial charge in [-0.1, -0.05) is 37.3 Å². The van der Waals surface area contributed by atoms with Gasteiger partial charge in [-0.05, 0) is 42.3 Å². The number of hydrogen-bond donors (Lipinski definition) is 3. The molecule has 6 heteroatoms. The molecule has 0 saturated carbocycles. The number of nitrogens with one attached hydrogen (secondary N) is 2. The quantitative estimate of drug-likeness (QED) is 0.454. The summed E-state index contributed by atoms with van der Waals surface area (Å²) in [4.78, 5) is 39.2. The number of benzene rings is 2. The fourth-order valence-electron chi connectivity index (χ4n) is 2.80. The average Bonchev–Trinajstić information content (AvgIpc) is 2.71. The number of hydrogen-bond acceptors (Lipinski definition) is 4. The molecule has 0 aliphatic heterocycles. The molecule has 0 fully saturated rings. The number of aromatic hydroxyl groups is 1. The number of aromatic amines is 1. The first kappa shape index (κ1) is 19.1. The highest BCUT2D eigenvalue weighted by Gasteiger charge is 2.16. The highest BCUT2D eigenvalue weighted by molar-refractivity contribution is 6.11. The monoisotopic (exact) mass is 376 g/mol. The zero-order valence-corrected chi connectivity index (χ0v) is 15.4. The summed E-state index contributed by atoms with van der Waals surface area (Å²) in [5, 5.41) is 13.5. The van der Waals surface area contributed by atoms with Crippen molar-refractivity contribution in [2.45, 2.75) is 13.3 Å². The molecule has 0 radical (unpaired) electrons. The van der Waals surface area contributed by atoms with Crippen LogP contribution in [-0.2, 0) is 0 Å². The summed E-state index contributed by atoms with van der Waals surface area (Å²) in [6.07, 6.45) is 3.62. The molecule has 1 aromatic heterocycles. The Bertz CT molecular complexity index is 1110. The maximum Gasteiger partial charge on any atom is 0.263 e. The Kier molecular flexibility index (Phi) is 5.69. The van der Waals surface area contributed by atoms with Crippen LogP contribution in [0.4, 0.5) is 0 Å². The number of pyridine rings is 1. The molecule has 0 atom stereocenters. The van der Waals surface area contributed by atoms with E-state index in [1.165, 1.54) is 12.2 Å². The van der Waals surface area contributed by atoms with Gasteiger partial charge in [-0.15, -0.1) is 0 Å². The van der Waals surface area contributed by atoms with E-state index in [0.717, 1.165) is 6.42 Å². The minimum atomic E-state index is -0.645. The van der Waals surface area contributed by atoms with E-state index >= 15 is 0 Å². The summed E-state index contributed by atoms with van der Waals surface area (Å²) in [6.45, 7) is 2.59. The van der Waals surface area contributed by atoms with Gasteiger partial charge >= 0.3 is 0 Å². The van der Waals surface area contributed by atoms with Crippen LogP contribution in [0.2, 0.25) is 0 Å². The Labute approximate surface area is 161 Å². The Hall–Kier alpha value is -3.67. The number of amides is 1. The third kappa shape index (κ3) is 4.01. The molecular formula is C22H20N2O4. The molecule has 1 heterocycles. The molecule has 0 bridgehead atoms. The maximum absolute atomic E-state index is 12.5. The summed E-state index contributed by atoms with van der Waals surface area (Å²) in [5.74, 6) is -1.09. The number of ketones is 1. The van der Waals surface area contributed by atoms with Crippen molar-refractivity contribution in [1.29, 1.82) is 0 Å². The van der Waals surface area contributed by atoms with E-state index in [1.54, 1.807) is 48.5 Å². The molecule has 0 unspecified atom stereocenters. The Morgan fingerprint density at radius 1 is 1.11 bits per heavy atom. The zero-order valence-electron chi connectivity index (χ0n) is 15.4. The van der Waals surface area contributed by atoms with Gasteiger partial charge in [0, 0.05) is 17.5 Å². The number of allylic oxidation sites excluding steroid dienone is 1. The topological polar surface area (TPSA) is 99.3 Å². The second kappa shape index (κ2) is 8.35. The van der Waals surface area contributed by atoms with Gasteiger partial charge in [-0.25, -0.2) is 0 Å². The Morgan fingerprint density at radius 2 is 1.82 bits per heavy atom. The molecule has 0 spiro atoms. The molecule has 2 aromatic carbocycles. The highest BCUT2D eigenvalue weighted by atomic mass is 16.3. The summed E-state index contributed by atoms with van der Waals surface area (Å²) in [7, 11) is 0. The van der Waals surface area contributed by atoms with Crippen LogP contribution in [0.3, 0.4) is 0 Å². The second-order valence-corrected chi connectivity index (χ2v) is 6.30. The number of aromatic nitrogens is 1. The van der Waals surface area contributed by atoms with E-state index in [0.29, 0.717) is 28.6 Å². The zero-order chi connectivity index (χ0) is 20.1. The third-order valence-electron chi connectivity index (χ3n) is 4.28. The normalized spacial score (nSPS) is 11.0. The van der Waals surface area contributed by atoms with Crippen LogP contribution in [0, 0.1) is 0 Å². The lowest BCUT2D eigenvalue weighted by Gasteiger charge is -2.05. The van der Waals surface area contributed by atoms with Gasteiger partial charge in [0.05, 0.1) is 5.52 Å². The van der Waals surface area contributed by atoms with Gasteiger partial charge < -0.3 is 15.4 Å². The number of rotatable bonds is 6. The first-order chi connectivity index (χ1) is 13.5. The Morgan fingerprint density at radius 3 is 2.54 bits per heavy atom. The smallest absolute Gasteiger partial charge is 0.263 e. The molecule has 3 N–H and O–H groups in total. The van der Waals surface area contributed by atoms with Crippen LogP contribution < -0.4 is 10.9 Å². The molecule has 0 aliphatic carbocycles. The van der Waals surface area contributed by atoms with Crippen molar-refractivity contribution in [3.05, 3.63) is 81.7 Å². The third-order valence-corrected chi connectivity index (χ3v) is 4.28. The minimum absolute atomic E-state index is 0.152. The molecule has 3 aromatic rings. The van der Waals surface area contributed by atoms with E-state index in [4.69, 9.17) is 0 Å². The van der Waals surface area contributed by atoms with Gasteiger partial charge in [-0.3, -0.25) is 14.4 Å². The number of carbonyl (C=O) groups excluding carboxylic acids is 2. The van der Waals surface area contributed by atoms with Crippen LogP contribution in [-0.4, -0.2) is 28.3 Å². The van der Waals surface area contributed by atoms with Crippen molar-refractivity contribution < 1.29 is 14.7 Å². The van der Waals surface area contributed by atoms with E-state index < -0.39 is 11.3 Å².